The van der Waals surface area contributed by atoms with Gasteiger partial charge in [0, 0.05) is 9.86 Å². The minimum atomic E-state index is -1.27. The van der Waals surface area contributed by atoms with E-state index >= 15 is 0 Å². The number of ether oxygens (including phenoxy) is 1. The third-order valence-electron chi connectivity index (χ3n) is 2.88. The lowest BCUT2D eigenvalue weighted by molar-refractivity contribution is -0.131. The molecule has 3 rings (SSSR count). The molecule has 1 aromatic heterocycles. The first-order valence-corrected chi connectivity index (χ1v) is 6.05. The predicted molar refractivity (Wildman–Crippen MR) is 69.0 cm³/mol. The highest BCUT2D eigenvalue weighted by Gasteiger charge is 2.46. The van der Waals surface area contributed by atoms with E-state index in [-0.39, 0.29) is 6.02 Å². The van der Waals surface area contributed by atoms with Gasteiger partial charge in [0.2, 0.25) is 5.60 Å². The van der Waals surface area contributed by atoms with E-state index in [1.807, 2.05) is 18.2 Å². The molecule has 0 saturated heterocycles. The Morgan fingerprint density at radius 2 is 2.17 bits per heavy atom. The molecule has 5 nitrogen and oxygen atoms in total. The molecule has 18 heavy (non-hydrogen) atoms. The van der Waals surface area contributed by atoms with Crippen LogP contribution in [-0.2, 0) is 15.1 Å². The fourth-order valence-electron chi connectivity index (χ4n) is 1.89. The quantitative estimate of drug-likeness (QED) is 0.876. The molecule has 0 aliphatic carbocycles. The molecular formula is C12H9BrN2O3. The third-order valence-corrected chi connectivity index (χ3v) is 3.37. The van der Waals surface area contributed by atoms with Gasteiger partial charge in [-0.3, -0.25) is 4.79 Å². The number of nitrogens with zero attached hydrogens (tertiary/aromatic N) is 1. The van der Waals surface area contributed by atoms with Gasteiger partial charge in [-0.25, -0.2) is 0 Å². The number of fused-ring (bicyclic) bond motifs is 1. The van der Waals surface area contributed by atoms with Crippen LogP contribution >= 0.6 is 15.9 Å². The summed E-state index contributed by atoms with van der Waals surface area (Å²) in [6, 6.07) is 7.20. The molecule has 0 radical (unpaired) electrons. The molecule has 1 aliphatic heterocycles. The van der Waals surface area contributed by atoms with Crippen LogP contribution in [0.25, 0.3) is 11.0 Å². The first-order chi connectivity index (χ1) is 8.49. The van der Waals surface area contributed by atoms with Crippen molar-refractivity contribution in [2.24, 2.45) is 10.7 Å². The lowest BCUT2D eigenvalue weighted by Crippen LogP contribution is -2.31. The predicted octanol–water partition coefficient (Wildman–Crippen LogP) is 2.28. The van der Waals surface area contributed by atoms with E-state index < -0.39 is 11.5 Å². The van der Waals surface area contributed by atoms with E-state index in [1.165, 1.54) is 0 Å². The van der Waals surface area contributed by atoms with Crippen molar-refractivity contribution in [1.29, 1.82) is 0 Å². The number of rotatable bonds is 1. The van der Waals surface area contributed by atoms with Crippen LogP contribution in [0.2, 0.25) is 0 Å². The summed E-state index contributed by atoms with van der Waals surface area (Å²) >= 11 is 3.38. The highest BCUT2D eigenvalue weighted by molar-refractivity contribution is 9.10. The van der Waals surface area contributed by atoms with Gasteiger partial charge in [-0.1, -0.05) is 15.9 Å². The summed E-state index contributed by atoms with van der Waals surface area (Å²) in [5.41, 5.74) is 4.82. The molecule has 0 saturated carbocycles. The summed E-state index contributed by atoms with van der Waals surface area (Å²) < 4.78 is 11.8. The zero-order valence-corrected chi connectivity index (χ0v) is 11.0. The van der Waals surface area contributed by atoms with Crippen LogP contribution in [0.1, 0.15) is 12.7 Å². The number of furan rings is 1. The normalized spacial score (nSPS) is 23.2. The topological polar surface area (TPSA) is 77.8 Å². The number of amides is 1. The molecule has 92 valence electrons. The van der Waals surface area contributed by atoms with Crippen LogP contribution in [0.4, 0.5) is 0 Å². The van der Waals surface area contributed by atoms with E-state index in [9.17, 15) is 4.79 Å². The van der Waals surface area contributed by atoms with E-state index in [2.05, 4.69) is 20.9 Å². The fourth-order valence-corrected chi connectivity index (χ4v) is 2.27. The maximum atomic E-state index is 11.8. The number of carbonyl (C=O) groups excluding carboxylic acids is 1. The number of halogens is 1. The Morgan fingerprint density at radius 3 is 2.83 bits per heavy atom. The van der Waals surface area contributed by atoms with Crippen molar-refractivity contribution in [3.05, 3.63) is 34.5 Å². The van der Waals surface area contributed by atoms with Gasteiger partial charge in [0.05, 0.1) is 0 Å². The molecule has 6 heteroatoms. The molecule has 0 spiro atoms. The number of amidine groups is 1. The van der Waals surface area contributed by atoms with Crippen LogP contribution in [-0.4, -0.2) is 11.9 Å². The van der Waals surface area contributed by atoms with Gasteiger partial charge < -0.3 is 14.9 Å². The second-order valence-electron chi connectivity index (χ2n) is 4.18. The van der Waals surface area contributed by atoms with Crippen molar-refractivity contribution in [3.63, 3.8) is 0 Å². The van der Waals surface area contributed by atoms with Crippen LogP contribution in [0.15, 0.2) is 38.1 Å². The second kappa shape index (κ2) is 3.58. The number of nitrogens with two attached hydrogens (primary N) is 1. The summed E-state index contributed by atoms with van der Waals surface area (Å²) in [5, 5.41) is 0.877. The first-order valence-electron chi connectivity index (χ1n) is 5.26. The van der Waals surface area contributed by atoms with Gasteiger partial charge in [-0.15, -0.1) is 0 Å². The van der Waals surface area contributed by atoms with Gasteiger partial charge >= 0.3 is 5.91 Å². The zero-order chi connectivity index (χ0) is 12.9. The lowest BCUT2D eigenvalue weighted by atomic mass is 10.0. The first kappa shape index (κ1) is 11.3. The van der Waals surface area contributed by atoms with Crippen molar-refractivity contribution >= 4 is 38.8 Å². The summed E-state index contributed by atoms with van der Waals surface area (Å²) in [6.07, 6.45) is 0. The summed E-state index contributed by atoms with van der Waals surface area (Å²) in [5.74, 6) is -0.0667. The van der Waals surface area contributed by atoms with E-state index in [1.54, 1.807) is 13.0 Å². The van der Waals surface area contributed by atoms with Crippen molar-refractivity contribution in [3.8, 4) is 0 Å². The second-order valence-corrected chi connectivity index (χ2v) is 5.10. The Bertz CT molecular complexity index is 692. The van der Waals surface area contributed by atoms with E-state index in [0.29, 0.717) is 11.3 Å². The maximum absolute atomic E-state index is 11.8. The molecule has 1 aliphatic rings. The SMILES string of the molecule is CC1(c2cc3cc(Br)ccc3o2)OC(N)=NC1=O. The molecule has 1 aromatic carbocycles. The highest BCUT2D eigenvalue weighted by Crippen LogP contribution is 2.35. The molecule has 1 amide bonds. The summed E-state index contributed by atoms with van der Waals surface area (Å²) in [7, 11) is 0. The van der Waals surface area contributed by atoms with Crippen molar-refractivity contribution in [2.75, 3.05) is 0 Å². The molecule has 2 aromatic rings. The molecule has 0 fully saturated rings. The van der Waals surface area contributed by atoms with Crippen LogP contribution < -0.4 is 5.73 Å². The van der Waals surface area contributed by atoms with Crippen molar-refractivity contribution in [1.82, 2.24) is 0 Å². The van der Waals surface area contributed by atoms with Gasteiger partial charge in [0.15, 0.2) is 5.76 Å². The van der Waals surface area contributed by atoms with Crippen molar-refractivity contribution < 1.29 is 13.9 Å². The minimum absolute atomic E-state index is 0.135. The Balaban J connectivity index is 2.13. The van der Waals surface area contributed by atoms with E-state index in [4.69, 9.17) is 14.9 Å². The van der Waals surface area contributed by atoms with Gasteiger partial charge in [0.1, 0.15) is 5.58 Å². The molecule has 0 bridgehead atoms. The number of hydrogen-bond donors (Lipinski definition) is 1. The molecule has 2 heterocycles. The van der Waals surface area contributed by atoms with Crippen LogP contribution in [0, 0.1) is 0 Å². The Kier molecular flexibility index (Phi) is 2.25. The van der Waals surface area contributed by atoms with Gasteiger partial charge in [-0.05, 0) is 31.2 Å². The largest absolute Gasteiger partial charge is 0.456 e. The van der Waals surface area contributed by atoms with Gasteiger partial charge in [0.25, 0.3) is 6.02 Å². The zero-order valence-electron chi connectivity index (χ0n) is 9.44. The minimum Gasteiger partial charge on any atom is -0.456 e. The number of aliphatic imine (C=N–C) groups is 1. The number of carbonyl (C=O) groups is 1. The van der Waals surface area contributed by atoms with E-state index in [0.717, 1.165) is 9.86 Å². The Labute approximate surface area is 111 Å². The molecule has 1 unspecified atom stereocenters. The molecule has 2 N–H and O–H groups in total. The maximum Gasteiger partial charge on any atom is 0.302 e. The van der Waals surface area contributed by atoms with Crippen LogP contribution in [0.3, 0.4) is 0 Å². The highest BCUT2D eigenvalue weighted by atomic mass is 79.9. The lowest BCUT2D eigenvalue weighted by Gasteiger charge is -2.17. The standard InChI is InChI=1S/C12H9BrN2O3/c1-12(10(16)15-11(14)18-12)9-5-6-4-7(13)2-3-8(6)17-9/h2-5H,1H3,(H2,14,15,16). The fraction of sp³-hybridized carbons (Fsp3) is 0.167. The Morgan fingerprint density at radius 1 is 1.39 bits per heavy atom. The number of benzene rings is 1. The third kappa shape index (κ3) is 1.53. The monoisotopic (exact) mass is 308 g/mol. The Hall–Kier alpha value is -1.82. The molecule has 1 atom stereocenters. The molecular weight excluding hydrogens is 300 g/mol. The average molecular weight is 309 g/mol. The smallest absolute Gasteiger partial charge is 0.302 e. The van der Waals surface area contributed by atoms with Gasteiger partial charge in [-0.2, -0.15) is 4.99 Å². The number of hydrogen-bond acceptors (Lipinski definition) is 4. The van der Waals surface area contributed by atoms with Crippen LogP contribution in [0.5, 0.6) is 0 Å². The average Bonchev–Trinajstić information content (AvgIpc) is 2.81. The summed E-state index contributed by atoms with van der Waals surface area (Å²) in [4.78, 5) is 15.4. The van der Waals surface area contributed by atoms with Crippen molar-refractivity contribution in [2.45, 2.75) is 12.5 Å². The summed E-state index contributed by atoms with van der Waals surface area (Å²) in [6.45, 7) is 1.59.